The molecule has 1 aliphatic heterocycles. The van der Waals surface area contributed by atoms with Crippen LogP contribution in [0.5, 0.6) is 11.5 Å². The molecule has 0 bridgehead atoms. The summed E-state index contributed by atoms with van der Waals surface area (Å²) in [6.07, 6.45) is 2.45. The zero-order valence-electron chi connectivity index (χ0n) is 24.1. The third kappa shape index (κ3) is 9.86. The van der Waals surface area contributed by atoms with Gasteiger partial charge in [-0.25, -0.2) is 0 Å². The van der Waals surface area contributed by atoms with Crippen molar-refractivity contribution in [3.05, 3.63) is 23.8 Å². The highest BCUT2D eigenvalue weighted by Crippen LogP contribution is 2.32. The lowest BCUT2D eigenvalue weighted by atomic mass is 9.79. The molecule has 0 radical (unpaired) electrons. The molecule has 0 saturated carbocycles. The number of esters is 1. The molecule has 1 aliphatic rings. The fourth-order valence-corrected chi connectivity index (χ4v) is 5.07. The van der Waals surface area contributed by atoms with Crippen LogP contribution in [0.25, 0.3) is 0 Å². The number of aliphatic hydroxyl groups excluding tert-OH is 1. The minimum Gasteiger partial charge on any atom is -0.493 e. The Balaban J connectivity index is 2.02. The third-order valence-corrected chi connectivity index (χ3v) is 7.69. The molecule has 8 heteroatoms. The lowest BCUT2D eigenvalue weighted by Gasteiger charge is -2.30. The quantitative estimate of drug-likeness (QED) is 0.212. The first-order chi connectivity index (χ1) is 18.1. The molecule has 0 spiro atoms. The zero-order chi connectivity index (χ0) is 28.2. The highest BCUT2D eigenvalue weighted by atomic mass is 16.5. The van der Waals surface area contributed by atoms with E-state index in [1.807, 2.05) is 32.0 Å². The zero-order valence-corrected chi connectivity index (χ0v) is 24.1. The van der Waals surface area contributed by atoms with Gasteiger partial charge in [-0.1, -0.05) is 33.8 Å². The lowest BCUT2D eigenvalue weighted by molar-refractivity contribution is -0.143. The van der Waals surface area contributed by atoms with Crippen molar-refractivity contribution in [2.24, 2.45) is 35.3 Å². The van der Waals surface area contributed by atoms with Gasteiger partial charge < -0.3 is 29.8 Å². The van der Waals surface area contributed by atoms with Gasteiger partial charge in [-0.05, 0) is 61.1 Å². The van der Waals surface area contributed by atoms with Crippen molar-refractivity contribution in [3.8, 4) is 11.5 Å². The van der Waals surface area contributed by atoms with E-state index in [0.29, 0.717) is 56.5 Å². The van der Waals surface area contributed by atoms with Crippen LogP contribution in [0.4, 0.5) is 0 Å². The minimum atomic E-state index is -0.807. The summed E-state index contributed by atoms with van der Waals surface area (Å²) in [7, 11) is 3.30. The third-order valence-electron chi connectivity index (χ3n) is 7.69. The van der Waals surface area contributed by atoms with Gasteiger partial charge in [-0.15, -0.1) is 0 Å². The summed E-state index contributed by atoms with van der Waals surface area (Å²) in [5.41, 5.74) is 7.64. The summed E-state index contributed by atoms with van der Waals surface area (Å²) < 4.78 is 21.5. The van der Waals surface area contributed by atoms with Gasteiger partial charge in [0.25, 0.3) is 0 Å². The smallest absolute Gasteiger partial charge is 0.309 e. The molecule has 0 aromatic heterocycles. The standard InChI is InChI=1S/C30H49NO7/c1-19(2)23(14-21-8-9-28(36-6)29(15-21)37-12-7-11-35-5)16-25(31)27(33)18-24(20(3)4)26(32)17-22-10-13-38-30(22)34/h8-9,15,19-20,22-25,27,33H,7,10-14,16-18,31H2,1-6H3/t22-,23+,24+,25+,27+/m1/s1. The largest absolute Gasteiger partial charge is 0.493 e. The van der Waals surface area contributed by atoms with E-state index in [-0.39, 0.29) is 41.8 Å². The number of hydrogen-bond acceptors (Lipinski definition) is 8. The lowest BCUT2D eigenvalue weighted by Crippen LogP contribution is -2.40. The maximum absolute atomic E-state index is 13.0. The molecular formula is C30H49NO7. The normalized spacial score (nSPS) is 18.8. The molecule has 5 atom stereocenters. The predicted molar refractivity (Wildman–Crippen MR) is 147 cm³/mol. The molecule has 1 aromatic carbocycles. The maximum Gasteiger partial charge on any atom is 0.309 e. The number of nitrogens with two attached hydrogens (primary N) is 1. The molecule has 2 rings (SSSR count). The van der Waals surface area contributed by atoms with Gasteiger partial charge >= 0.3 is 5.97 Å². The fraction of sp³-hybridized carbons (Fsp3) is 0.733. The highest BCUT2D eigenvalue weighted by molar-refractivity contribution is 5.86. The number of carbonyl (C=O) groups is 2. The second-order valence-electron chi connectivity index (χ2n) is 11.3. The second kappa shape index (κ2) is 16.1. The van der Waals surface area contributed by atoms with E-state index in [1.165, 1.54) is 0 Å². The Bertz CT molecular complexity index is 872. The number of Topliss-reactive ketones (excluding diaryl/α,β-unsaturated/α-hetero) is 1. The summed E-state index contributed by atoms with van der Waals surface area (Å²) in [4.78, 5) is 24.9. The van der Waals surface area contributed by atoms with Crippen LogP contribution in [-0.2, 0) is 25.5 Å². The monoisotopic (exact) mass is 535 g/mol. The maximum atomic E-state index is 13.0. The van der Waals surface area contributed by atoms with Gasteiger partial charge in [-0.3, -0.25) is 9.59 Å². The molecule has 38 heavy (non-hydrogen) atoms. The summed E-state index contributed by atoms with van der Waals surface area (Å²) in [6, 6.07) is 5.52. The van der Waals surface area contributed by atoms with Crippen LogP contribution >= 0.6 is 0 Å². The van der Waals surface area contributed by atoms with E-state index in [4.69, 9.17) is 24.7 Å². The Morgan fingerprint density at radius 3 is 2.42 bits per heavy atom. The summed E-state index contributed by atoms with van der Waals surface area (Å²) in [6.45, 7) is 9.83. The van der Waals surface area contributed by atoms with Crippen LogP contribution in [0.2, 0.25) is 0 Å². The molecule has 1 fully saturated rings. The van der Waals surface area contributed by atoms with Crippen LogP contribution in [0, 0.1) is 29.6 Å². The van der Waals surface area contributed by atoms with Crippen molar-refractivity contribution in [1.82, 2.24) is 0 Å². The number of rotatable bonds is 18. The number of aliphatic hydroxyl groups is 1. The van der Waals surface area contributed by atoms with Gasteiger partial charge in [0.05, 0.1) is 32.3 Å². The molecule has 216 valence electrons. The molecule has 0 unspecified atom stereocenters. The summed E-state index contributed by atoms with van der Waals surface area (Å²) >= 11 is 0. The van der Waals surface area contributed by atoms with Gasteiger partial charge in [0.1, 0.15) is 5.78 Å². The number of ketones is 1. The number of methoxy groups -OCH3 is 2. The molecule has 1 saturated heterocycles. The molecule has 8 nitrogen and oxygen atoms in total. The fourth-order valence-electron chi connectivity index (χ4n) is 5.07. The van der Waals surface area contributed by atoms with Gasteiger partial charge in [0.15, 0.2) is 11.5 Å². The van der Waals surface area contributed by atoms with E-state index in [1.54, 1.807) is 14.2 Å². The molecule has 1 aromatic rings. The van der Waals surface area contributed by atoms with E-state index in [2.05, 4.69) is 13.8 Å². The summed E-state index contributed by atoms with van der Waals surface area (Å²) in [5, 5.41) is 11.0. The predicted octanol–water partition coefficient (Wildman–Crippen LogP) is 4.19. The van der Waals surface area contributed by atoms with Crippen molar-refractivity contribution in [2.45, 2.75) is 78.4 Å². The van der Waals surface area contributed by atoms with Gasteiger partial charge in [0.2, 0.25) is 0 Å². The van der Waals surface area contributed by atoms with Crippen molar-refractivity contribution in [1.29, 1.82) is 0 Å². The highest BCUT2D eigenvalue weighted by Gasteiger charge is 2.34. The van der Waals surface area contributed by atoms with Crippen molar-refractivity contribution >= 4 is 11.8 Å². The van der Waals surface area contributed by atoms with E-state index < -0.39 is 12.1 Å². The molecule has 3 N–H and O–H groups in total. The molecule has 0 aliphatic carbocycles. The van der Waals surface area contributed by atoms with Crippen molar-refractivity contribution in [2.75, 3.05) is 34.0 Å². The Hall–Kier alpha value is -2.16. The Kier molecular flexibility index (Phi) is 13.5. The van der Waals surface area contributed by atoms with Gasteiger partial charge in [-0.2, -0.15) is 0 Å². The van der Waals surface area contributed by atoms with E-state index in [9.17, 15) is 14.7 Å². The number of cyclic esters (lactones) is 1. The number of carbonyl (C=O) groups excluding carboxylic acids is 2. The van der Waals surface area contributed by atoms with Crippen LogP contribution in [0.15, 0.2) is 18.2 Å². The molecule has 1 heterocycles. The van der Waals surface area contributed by atoms with Gasteiger partial charge in [0, 0.05) is 38.5 Å². The van der Waals surface area contributed by atoms with Crippen molar-refractivity contribution in [3.63, 3.8) is 0 Å². The average Bonchev–Trinajstić information content (AvgIpc) is 3.28. The SMILES string of the molecule is COCCCOc1cc(C[C@@H](C[C@H](N)[C@@H](O)C[C@H](C(=O)C[C@H]2CCOC2=O)C(C)C)C(C)C)ccc1OC. The Labute approximate surface area is 228 Å². The first kappa shape index (κ1) is 32.1. The Morgan fingerprint density at radius 1 is 1.11 bits per heavy atom. The number of hydrogen-bond donors (Lipinski definition) is 2. The van der Waals surface area contributed by atoms with E-state index in [0.717, 1.165) is 18.4 Å². The molecular weight excluding hydrogens is 486 g/mol. The van der Waals surface area contributed by atoms with Crippen LogP contribution in [0.3, 0.4) is 0 Å². The van der Waals surface area contributed by atoms with Crippen LogP contribution < -0.4 is 15.2 Å². The number of benzene rings is 1. The van der Waals surface area contributed by atoms with E-state index >= 15 is 0 Å². The minimum absolute atomic E-state index is 0.00627. The van der Waals surface area contributed by atoms with Crippen LogP contribution in [0.1, 0.15) is 65.4 Å². The summed E-state index contributed by atoms with van der Waals surface area (Å²) in [5.74, 6) is 1.02. The first-order valence-corrected chi connectivity index (χ1v) is 14.0. The first-order valence-electron chi connectivity index (χ1n) is 14.0. The average molecular weight is 536 g/mol. The van der Waals surface area contributed by atoms with Crippen LogP contribution in [-0.4, -0.2) is 63.0 Å². The molecule has 0 amide bonds. The topological polar surface area (TPSA) is 117 Å². The number of ether oxygens (including phenoxy) is 4. The van der Waals surface area contributed by atoms with Crippen molar-refractivity contribution < 1.29 is 33.6 Å². The second-order valence-corrected chi connectivity index (χ2v) is 11.3. The Morgan fingerprint density at radius 2 is 1.84 bits per heavy atom.